The molecule has 2 rings (SSSR count). The minimum atomic E-state index is -0.810. The predicted octanol–water partition coefficient (Wildman–Crippen LogP) is 1.47. The smallest absolute Gasteiger partial charge is 0.140 e. The van der Waals surface area contributed by atoms with E-state index in [4.69, 9.17) is 9.63 Å². The molecule has 0 aliphatic carbocycles. The summed E-state index contributed by atoms with van der Waals surface area (Å²) in [6, 6.07) is 6.78. The first kappa shape index (κ1) is 11.6. The van der Waals surface area contributed by atoms with Crippen LogP contribution in [0.1, 0.15) is 23.1 Å². The van der Waals surface area contributed by atoms with Crippen molar-refractivity contribution < 1.29 is 14.7 Å². The molecule has 0 amide bonds. The topological polar surface area (TPSA) is 78.5 Å². The Morgan fingerprint density at radius 1 is 1.35 bits per heavy atom. The van der Waals surface area contributed by atoms with E-state index in [1.54, 1.807) is 31.2 Å². The number of aliphatic hydroxyl groups is 1. The molecule has 3 N–H and O–H groups in total. The Hall–Kier alpha value is -1.85. The van der Waals surface area contributed by atoms with Gasteiger partial charge in [-0.15, -0.1) is 0 Å². The van der Waals surface area contributed by atoms with Gasteiger partial charge in [-0.25, -0.2) is 0 Å². The maximum atomic E-state index is 9.85. The monoisotopic (exact) mass is 234 g/mol. The van der Waals surface area contributed by atoms with E-state index in [1.807, 2.05) is 0 Å². The molecule has 5 nitrogen and oxygen atoms in total. The van der Waals surface area contributed by atoms with E-state index in [0.29, 0.717) is 17.9 Å². The third kappa shape index (κ3) is 2.83. The molecule has 0 fully saturated rings. The Morgan fingerprint density at radius 3 is 2.65 bits per heavy atom. The summed E-state index contributed by atoms with van der Waals surface area (Å²) < 4.78 is 4.87. The molecule has 2 aromatic rings. The zero-order valence-corrected chi connectivity index (χ0v) is 9.42. The summed E-state index contributed by atoms with van der Waals surface area (Å²) in [6.07, 6.45) is 0.680. The molecule has 1 atom stereocenters. The van der Waals surface area contributed by atoms with E-state index in [1.165, 1.54) is 6.20 Å². The van der Waals surface area contributed by atoms with Crippen molar-refractivity contribution in [3.63, 3.8) is 0 Å². The molecule has 0 unspecified atom stereocenters. The molecule has 1 aromatic heterocycles. The van der Waals surface area contributed by atoms with E-state index in [9.17, 15) is 5.11 Å². The normalized spacial score (nSPS) is 12.6. The van der Waals surface area contributed by atoms with Gasteiger partial charge in [0.15, 0.2) is 0 Å². The quantitative estimate of drug-likeness (QED) is 0.698. The summed E-state index contributed by atoms with van der Waals surface area (Å²) in [7, 11) is 0. The zero-order valence-electron chi connectivity index (χ0n) is 9.42. The van der Waals surface area contributed by atoms with Crippen molar-refractivity contribution >= 4 is 0 Å². The number of aromatic hydroxyl groups is 1. The molecule has 0 aliphatic rings. The van der Waals surface area contributed by atoms with Crippen LogP contribution in [0.2, 0.25) is 0 Å². The molecule has 0 aliphatic heterocycles. The molecule has 1 heterocycles. The number of nitrogens with one attached hydrogen (secondary N) is 1. The van der Waals surface area contributed by atoms with Crippen molar-refractivity contribution in [3.8, 4) is 5.75 Å². The van der Waals surface area contributed by atoms with Gasteiger partial charge in [0.25, 0.3) is 0 Å². The summed E-state index contributed by atoms with van der Waals surface area (Å²) in [4.78, 5) is 0. The van der Waals surface area contributed by atoms with Gasteiger partial charge in [-0.2, -0.15) is 0 Å². The van der Waals surface area contributed by atoms with Gasteiger partial charge in [0.05, 0.1) is 11.8 Å². The molecule has 17 heavy (non-hydrogen) atoms. The van der Waals surface area contributed by atoms with Crippen molar-refractivity contribution in [1.29, 1.82) is 0 Å². The van der Waals surface area contributed by atoms with Crippen LogP contribution in [0.25, 0.3) is 0 Å². The van der Waals surface area contributed by atoms with Gasteiger partial charge >= 0.3 is 0 Å². The second-order valence-corrected chi connectivity index (χ2v) is 3.79. The molecular formula is C12H14N2O3. The summed E-state index contributed by atoms with van der Waals surface area (Å²) in [5.41, 5.74) is 1.60. The first-order valence-corrected chi connectivity index (χ1v) is 5.27. The lowest BCUT2D eigenvalue weighted by Crippen LogP contribution is -2.20. The fourth-order valence-corrected chi connectivity index (χ4v) is 1.51. The number of aromatic nitrogens is 1. The van der Waals surface area contributed by atoms with Gasteiger partial charge in [-0.1, -0.05) is 17.3 Å². The van der Waals surface area contributed by atoms with Crippen LogP contribution in [-0.2, 0) is 6.54 Å². The molecule has 0 saturated heterocycles. The average molecular weight is 234 g/mol. The third-order valence-corrected chi connectivity index (χ3v) is 2.52. The number of hydrogen-bond acceptors (Lipinski definition) is 5. The van der Waals surface area contributed by atoms with Gasteiger partial charge in [-0.3, -0.25) is 5.32 Å². The lowest BCUT2D eigenvalue weighted by atomic mass is 10.2. The molecule has 0 bridgehead atoms. The predicted molar refractivity (Wildman–Crippen MR) is 61.1 cm³/mol. The van der Waals surface area contributed by atoms with E-state index in [0.717, 1.165) is 5.56 Å². The number of nitrogens with zero attached hydrogens (tertiary/aromatic N) is 1. The van der Waals surface area contributed by atoms with Gasteiger partial charge < -0.3 is 14.7 Å². The standard InChI is InChI=1S/C12H14N2O3/c1-8-11(7-14-17-8)12(16)13-6-9-2-4-10(15)5-3-9/h2-5,7,12-13,15-16H,6H2,1H3/t12-/m0/s1. The van der Waals surface area contributed by atoms with Crippen LogP contribution in [0.5, 0.6) is 5.75 Å². The molecule has 1 aromatic carbocycles. The SMILES string of the molecule is Cc1oncc1[C@H](O)NCc1ccc(O)cc1. The van der Waals surface area contributed by atoms with Crippen molar-refractivity contribution in [2.24, 2.45) is 0 Å². The number of aliphatic hydroxyl groups excluding tert-OH is 1. The van der Waals surface area contributed by atoms with Gasteiger partial charge in [0.2, 0.25) is 0 Å². The van der Waals surface area contributed by atoms with Gasteiger partial charge in [-0.05, 0) is 24.6 Å². The number of benzene rings is 1. The highest BCUT2D eigenvalue weighted by molar-refractivity contribution is 5.26. The number of phenols is 1. The number of phenolic OH excluding ortho intramolecular Hbond substituents is 1. The Kier molecular flexibility index (Phi) is 3.41. The third-order valence-electron chi connectivity index (χ3n) is 2.52. The van der Waals surface area contributed by atoms with Crippen LogP contribution < -0.4 is 5.32 Å². The largest absolute Gasteiger partial charge is 0.508 e. The second-order valence-electron chi connectivity index (χ2n) is 3.79. The molecule has 5 heteroatoms. The summed E-state index contributed by atoms with van der Waals surface area (Å²) in [5.74, 6) is 0.819. The zero-order chi connectivity index (χ0) is 12.3. The Labute approximate surface area is 98.7 Å². The minimum Gasteiger partial charge on any atom is -0.508 e. The number of rotatable bonds is 4. The molecule has 0 radical (unpaired) electrons. The molecule has 0 spiro atoms. The molecular weight excluding hydrogens is 220 g/mol. The lowest BCUT2D eigenvalue weighted by Gasteiger charge is -2.11. The van der Waals surface area contributed by atoms with Crippen LogP contribution in [0.4, 0.5) is 0 Å². The summed E-state index contributed by atoms with van der Waals surface area (Å²) in [6.45, 7) is 2.24. The van der Waals surface area contributed by atoms with E-state index in [2.05, 4.69) is 10.5 Å². The summed E-state index contributed by atoms with van der Waals surface area (Å²) >= 11 is 0. The van der Waals surface area contributed by atoms with Gasteiger partial charge in [0, 0.05) is 6.54 Å². The van der Waals surface area contributed by atoms with Crippen molar-refractivity contribution in [1.82, 2.24) is 10.5 Å². The van der Waals surface area contributed by atoms with Crippen LogP contribution >= 0.6 is 0 Å². The van der Waals surface area contributed by atoms with Crippen LogP contribution in [0, 0.1) is 6.92 Å². The van der Waals surface area contributed by atoms with Crippen LogP contribution in [0.3, 0.4) is 0 Å². The Bertz CT molecular complexity index is 479. The highest BCUT2D eigenvalue weighted by Crippen LogP contribution is 2.15. The van der Waals surface area contributed by atoms with E-state index < -0.39 is 6.23 Å². The number of hydrogen-bond donors (Lipinski definition) is 3. The van der Waals surface area contributed by atoms with E-state index >= 15 is 0 Å². The Morgan fingerprint density at radius 2 is 2.06 bits per heavy atom. The summed E-state index contributed by atoms with van der Waals surface area (Å²) in [5, 5.41) is 25.5. The Balaban J connectivity index is 1.94. The maximum absolute atomic E-state index is 9.85. The van der Waals surface area contributed by atoms with Crippen LogP contribution in [0.15, 0.2) is 35.0 Å². The van der Waals surface area contributed by atoms with Gasteiger partial charge in [0.1, 0.15) is 17.7 Å². The minimum absolute atomic E-state index is 0.226. The highest BCUT2D eigenvalue weighted by Gasteiger charge is 2.12. The fourth-order valence-electron chi connectivity index (χ4n) is 1.51. The molecule has 90 valence electrons. The van der Waals surface area contributed by atoms with Crippen molar-refractivity contribution in [3.05, 3.63) is 47.3 Å². The molecule has 0 saturated carbocycles. The average Bonchev–Trinajstić information content (AvgIpc) is 2.74. The first-order chi connectivity index (χ1) is 8.16. The second kappa shape index (κ2) is 4.99. The maximum Gasteiger partial charge on any atom is 0.140 e. The van der Waals surface area contributed by atoms with E-state index in [-0.39, 0.29) is 5.75 Å². The fraction of sp³-hybridized carbons (Fsp3) is 0.250. The lowest BCUT2D eigenvalue weighted by molar-refractivity contribution is 0.135. The first-order valence-electron chi connectivity index (χ1n) is 5.27. The van der Waals surface area contributed by atoms with Crippen molar-refractivity contribution in [2.75, 3.05) is 0 Å². The highest BCUT2D eigenvalue weighted by atomic mass is 16.5. The van der Waals surface area contributed by atoms with Crippen LogP contribution in [-0.4, -0.2) is 15.4 Å². The van der Waals surface area contributed by atoms with Crippen molar-refractivity contribution in [2.45, 2.75) is 19.7 Å². The number of aryl methyl sites for hydroxylation is 1.